The number of amides is 1. The Morgan fingerprint density at radius 2 is 2.06 bits per heavy atom. The molecule has 2 N–H and O–H groups in total. The number of rotatable bonds is 4. The summed E-state index contributed by atoms with van der Waals surface area (Å²) in [5.41, 5.74) is 5.85. The van der Waals surface area contributed by atoms with E-state index in [1.807, 2.05) is 4.90 Å². The summed E-state index contributed by atoms with van der Waals surface area (Å²) in [5.74, 6) is -0.226. The summed E-state index contributed by atoms with van der Waals surface area (Å²) in [6.07, 6.45) is 3.37. The molecule has 0 radical (unpaired) electrons. The first-order valence-electron chi connectivity index (χ1n) is 6.04. The lowest BCUT2D eigenvalue weighted by Crippen LogP contribution is -2.39. The zero-order valence-electron chi connectivity index (χ0n) is 10.5. The number of hydrogen-bond acceptors (Lipinski definition) is 2. The molecule has 1 unspecified atom stereocenters. The Labute approximate surface area is 103 Å². The maximum atomic E-state index is 12.1. The third kappa shape index (κ3) is 2.54. The van der Waals surface area contributed by atoms with Crippen molar-refractivity contribution in [1.29, 1.82) is 0 Å². The molecule has 0 aromatic heterocycles. The topological polar surface area (TPSA) is 46.3 Å². The fourth-order valence-electron chi connectivity index (χ4n) is 2.35. The van der Waals surface area contributed by atoms with E-state index in [9.17, 15) is 4.79 Å². The van der Waals surface area contributed by atoms with Crippen LogP contribution < -0.4 is 5.73 Å². The third-order valence-corrected chi connectivity index (χ3v) is 4.40. The van der Waals surface area contributed by atoms with Gasteiger partial charge >= 0.3 is 0 Å². The lowest BCUT2D eigenvalue weighted by atomic mass is 9.82. The number of likely N-dealkylation sites (tertiary alicyclic amines) is 1. The van der Waals surface area contributed by atoms with Crippen molar-refractivity contribution in [1.82, 2.24) is 4.90 Å². The molecule has 1 amide bonds. The van der Waals surface area contributed by atoms with Crippen LogP contribution in [0, 0.1) is 11.3 Å². The van der Waals surface area contributed by atoms with Crippen molar-refractivity contribution in [3.8, 4) is 0 Å². The van der Waals surface area contributed by atoms with E-state index in [1.54, 1.807) is 6.92 Å². The van der Waals surface area contributed by atoms with E-state index in [-0.39, 0.29) is 11.8 Å². The van der Waals surface area contributed by atoms with Crippen molar-refractivity contribution < 1.29 is 4.79 Å². The highest BCUT2D eigenvalue weighted by atomic mass is 32.1. The molecule has 1 heterocycles. The first kappa shape index (κ1) is 13.4. The molecule has 92 valence electrons. The summed E-state index contributed by atoms with van der Waals surface area (Å²) in [6, 6.07) is 0. The van der Waals surface area contributed by atoms with Crippen LogP contribution in [0.15, 0.2) is 0 Å². The van der Waals surface area contributed by atoms with Gasteiger partial charge in [-0.3, -0.25) is 4.79 Å². The van der Waals surface area contributed by atoms with Gasteiger partial charge in [0.05, 0.1) is 10.9 Å². The van der Waals surface area contributed by atoms with Crippen LogP contribution in [0.1, 0.15) is 40.0 Å². The average Bonchev–Trinajstić information content (AvgIpc) is 2.72. The molecule has 0 aromatic carbocycles. The zero-order chi connectivity index (χ0) is 12.3. The van der Waals surface area contributed by atoms with Crippen molar-refractivity contribution in [2.75, 3.05) is 13.1 Å². The first-order chi connectivity index (χ1) is 7.45. The van der Waals surface area contributed by atoms with Gasteiger partial charge in [-0.2, -0.15) is 0 Å². The molecule has 1 aliphatic rings. The lowest BCUT2D eigenvalue weighted by Gasteiger charge is -2.27. The highest BCUT2D eigenvalue weighted by molar-refractivity contribution is 7.80. The second kappa shape index (κ2) is 5.13. The van der Waals surface area contributed by atoms with Gasteiger partial charge in [0.15, 0.2) is 0 Å². The SMILES string of the molecule is CCC1(CC)CCN(C(=O)C(C)C(N)=S)C1. The fraction of sp³-hybridized carbons (Fsp3) is 0.833. The number of carbonyl (C=O) groups excluding carboxylic acids is 1. The van der Waals surface area contributed by atoms with E-state index in [0.717, 1.165) is 32.4 Å². The molecule has 0 aliphatic carbocycles. The Morgan fingerprint density at radius 1 is 1.50 bits per heavy atom. The van der Waals surface area contributed by atoms with Gasteiger partial charge in [-0.1, -0.05) is 26.1 Å². The minimum Gasteiger partial charge on any atom is -0.393 e. The lowest BCUT2D eigenvalue weighted by molar-refractivity contribution is -0.132. The average molecular weight is 242 g/mol. The molecule has 4 heteroatoms. The molecule has 1 rings (SSSR count). The molecule has 0 saturated carbocycles. The molecular weight excluding hydrogens is 220 g/mol. The summed E-state index contributed by atoms with van der Waals surface area (Å²) in [6.45, 7) is 7.92. The summed E-state index contributed by atoms with van der Waals surface area (Å²) in [4.78, 5) is 14.3. The smallest absolute Gasteiger partial charge is 0.232 e. The van der Waals surface area contributed by atoms with E-state index in [4.69, 9.17) is 18.0 Å². The summed E-state index contributed by atoms with van der Waals surface area (Å²) in [7, 11) is 0. The second-order valence-electron chi connectivity index (χ2n) is 4.84. The number of nitrogens with two attached hydrogens (primary N) is 1. The number of nitrogens with zero attached hydrogens (tertiary/aromatic N) is 1. The van der Waals surface area contributed by atoms with Crippen LogP contribution in [0.2, 0.25) is 0 Å². The summed E-state index contributed by atoms with van der Waals surface area (Å²) in [5, 5.41) is 0. The molecule has 0 aromatic rings. The van der Waals surface area contributed by atoms with Gasteiger partial charge in [-0.15, -0.1) is 0 Å². The van der Waals surface area contributed by atoms with E-state index >= 15 is 0 Å². The molecule has 1 fully saturated rings. The van der Waals surface area contributed by atoms with Gasteiger partial charge in [-0.05, 0) is 31.6 Å². The Balaban J connectivity index is 2.66. The predicted molar refractivity (Wildman–Crippen MR) is 70.2 cm³/mol. The van der Waals surface area contributed by atoms with Crippen LogP contribution in [0.4, 0.5) is 0 Å². The van der Waals surface area contributed by atoms with Crippen molar-refractivity contribution in [2.45, 2.75) is 40.0 Å². The molecule has 0 bridgehead atoms. The minimum atomic E-state index is -0.320. The number of carbonyl (C=O) groups is 1. The fourth-order valence-corrected chi connectivity index (χ4v) is 2.45. The van der Waals surface area contributed by atoms with Gasteiger partial charge in [0.2, 0.25) is 5.91 Å². The van der Waals surface area contributed by atoms with Crippen LogP contribution in [-0.2, 0) is 4.79 Å². The Hall–Kier alpha value is -0.640. The molecular formula is C12H22N2OS. The monoisotopic (exact) mass is 242 g/mol. The summed E-state index contributed by atoms with van der Waals surface area (Å²) < 4.78 is 0. The quantitative estimate of drug-likeness (QED) is 0.766. The van der Waals surface area contributed by atoms with Gasteiger partial charge in [0.25, 0.3) is 0 Å². The van der Waals surface area contributed by atoms with Crippen LogP contribution >= 0.6 is 12.2 Å². The van der Waals surface area contributed by atoms with E-state index in [2.05, 4.69) is 13.8 Å². The second-order valence-corrected chi connectivity index (χ2v) is 5.31. The molecule has 1 saturated heterocycles. The third-order valence-electron chi connectivity index (χ3n) is 4.05. The van der Waals surface area contributed by atoms with E-state index in [0.29, 0.717) is 10.4 Å². The maximum Gasteiger partial charge on any atom is 0.232 e. The van der Waals surface area contributed by atoms with Crippen LogP contribution in [0.25, 0.3) is 0 Å². The van der Waals surface area contributed by atoms with Gasteiger partial charge < -0.3 is 10.6 Å². The maximum absolute atomic E-state index is 12.1. The minimum absolute atomic E-state index is 0.0938. The molecule has 16 heavy (non-hydrogen) atoms. The molecule has 0 spiro atoms. The van der Waals surface area contributed by atoms with Gasteiger partial charge in [0, 0.05) is 13.1 Å². The molecule has 1 atom stereocenters. The normalized spacial score (nSPS) is 20.8. The Kier molecular flexibility index (Phi) is 4.30. The van der Waals surface area contributed by atoms with Crippen molar-refractivity contribution in [3.63, 3.8) is 0 Å². The zero-order valence-corrected chi connectivity index (χ0v) is 11.3. The summed E-state index contributed by atoms with van der Waals surface area (Å²) >= 11 is 4.87. The highest BCUT2D eigenvalue weighted by Gasteiger charge is 2.38. The van der Waals surface area contributed by atoms with Crippen molar-refractivity contribution in [2.24, 2.45) is 17.1 Å². The van der Waals surface area contributed by atoms with Crippen LogP contribution in [-0.4, -0.2) is 28.9 Å². The van der Waals surface area contributed by atoms with Crippen LogP contribution in [0.5, 0.6) is 0 Å². The van der Waals surface area contributed by atoms with Crippen LogP contribution in [0.3, 0.4) is 0 Å². The van der Waals surface area contributed by atoms with Gasteiger partial charge in [0.1, 0.15) is 0 Å². The standard InChI is InChI=1S/C12H22N2OS/c1-4-12(5-2)6-7-14(8-12)11(15)9(3)10(13)16/h9H,4-8H2,1-3H3,(H2,13,16). The van der Waals surface area contributed by atoms with E-state index in [1.165, 1.54) is 0 Å². The Morgan fingerprint density at radius 3 is 2.44 bits per heavy atom. The predicted octanol–water partition coefficient (Wildman–Crippen LogP) is 1.95. The molecule has 1 aliphatic heterocycles. The first-order valence-corrected chi connectivity index (χ1v) is 6.44. The number of thiocarbonyl (C=S) groups is 1. The van der Waals surface area contributed by atoms with Gasteiger partial charge in [-0.25, -0.2) is 0 Å². The molecule has 3 nitrogen and oxygen atoms in total. The largest absolute Gasteiger partial charge is 0.393 e. The highest BCUT2D eigenvalue weighted by Crippen LogP contribution is 2.37. The van der Waals surface area contributed by atoms with E-state index < -0.39 is 0 Å². The van der Waals surface area contributed by atoms with Crippen molar-refractivity contribution in [3.05, 3.63) is 0 Å². The number of hydrogen-bond donors (Lipinski definition) is 1. The Bertz CT molecular complexity index is 287. The van der Waals surface area contributed by atoms with Crippen molar-refractivity contribution >= 4 is 23.1 Å².